The van der Waals surface area contributed by atoms with E-state index < -0.39 is 11.8 Å². The van der Waals surface area contributed by atoms with Crippen LogP contribution >= 0.6 is 11.6 Å². The van der Waals surface area contributed by atoms with Gasteiger partial charge in [-0.25, -0.2) is 4.90 Å². The van der Waals surface area contributed by atoms with E-state index in [2.05, 4.69) is 10.1 Å². The Hall–Kier alpha value is -3.65. The summed E-state index contributed by atoms with van der Waals surface area (Å²) in [6.07, 6.45) is 0. The molecular formula is C23H19ClN4O4. The molecule has 0 N–H and O–H groups in total. The van der Waals surface area contributed by atoms with Crippen molar-refractivity contribution in [2.45, 2.75) is 6.92 Å². The molecule has 3 amide bonds. The minimum Gasteiger partial charge on any atom is -0.367 e. The smallest absolute Gasteiger partial charge is 0.267 e. The van der Waals surface area contributed by atoms with E-state index in [9.17, 15) is 14.4 Å². The number of amides is 3. The van der Waals surface area contributed by atoms with Gasteiger partial charge in [0.1, 0.15) is 5.76 Å². The lowest BCUT2D eigenvalue weighted by atomic mass is 10.0. The summed E-state index contributed by atoms with van der Waals surface area (Å²) in [6, 6.07) is 13.8. The van der Waals surface area contributed by atoms with Gasteiger partial charge in [0.2, 0.25) is 0 Å². The monoisotopic (exact) mass is 450 g/mol. The molecule has 0 bridgehead atoms. The predicted molar refractivity (Wildman–Crippen MR) is 118 cm³/mol. The van der Waals surface area contributed by atoms with Crippen molar-refractivity contribution in [2.24, 2.45) is 0 Å². The zero-order valence-electron chi connectivity index (χ0n) is 17.2. The number of carbonyl (C=O) groups excluding carboxylic acids is 3. The van der Waals surface area contributed by atoms with Crippen molar-refractivity contribution in [2.75, 3.05) is 36.0 Å². The highest BCUT2D eigenvalue weighted by Crippen LogP contribution is 2.30. The first-order valence-electron chi connectivity index (χ1n) is 10.2. The van der Waals surface area contributed by atoms with Crippen LogP contribution in [0, 0.1) is 6.92 Å². The van der Waals surface area contributed by atoms with Crippen molar-refractivity contribution in [3.05, 3.63) is 76.0 Å². The second-order valence-electron chi connectivity index (χ2n) is 7.73. The molecule has 0 aliphatic carbocycles. The Morgan fingerprint density at radius 3 is 2.38 bits per heavy atom. The first-order chi connectivity index (χ1) is 15.4. The Morgan fingerprint density at radius 2 is 1.69 bits per heavy atom. The number of nitrogens with zero attached hydrogens (tertiary/aromatic N) is 4. The summed E-state index contributed by atoms with van der Waals surface area (Å²) in [7, 11) is 0. The average molecular weight is 451 g/mol. The predicted octanol–water partition coefficient (Wildman–Crippen LogP) is 3.40. The molecule has 8 nitrogen and oxygen atoms in total. The maximum atomic E-state index is 13.1. The summed E-state index contributed by atoms with van der Waals surface area (Å²) in [5.74, 6) is -0.551. The normalized spacial score (nSPS) is 16.0. The van der Waals surface area contributed by atoms with Gasteiger partial charge in [-0.1, -0.05) is 28.9 Å². The highest BCUT2D eigenvalue weighted by molar-refractivity contribution is 6.34. The van der Waals surface area contributed by atoms with Crippen molar-refractivity contribution in [1.29, 1.82) is 0 Å². The maximum Gasteiger partial charge on any atom is 0.267 e. The molecule has 1 aromatic heterocycles. The zero-order chi connectivity index (χ0) is 22.4. The quantitative estimate of drug-likeness (QED) is 0.568. The average Bonchev–Trinajstić information content (AvgIpc) is 3.34. The Balaban J connectivity index is 1.33. The van der Waals surface area contributed by atoms with Gasteiger partial charge in [0.05, 0.1) is 21.8 Å². The van der Waals surface area contributed by atoms with E-state index >= 15 is 0 Å². The van der Waals surface area contributed by atoms with E-state index in [1.54, 1.807) is 17.9 Å². The lowest BCUT2D eigenvalue weighted by Gasteiger charge is -2.36. The number of hydrogen-bond donors (Lipinski definition) is 0. The fourth-order valence-electron chi connectivity index (χ4n) is 4.08. The Kier molecular flexibility index (Phi) is 4.94. The van der Waals surface area contributed by atoms with Crippen LogP contribution in [-0.2, 0) is 0 Å². The van der Waals surface area contributed by atoms with E-state index in [0.717, 1.165) is 10.6 Å². The van der Waals surface area contributed by atoms with Crippen LogP contribution in [0.4, 0.5) is 11.5 Å². The summed E-state index contributed by atoms with van der Waals surface area (Å²) in [5, 5.41) is 4.45. The van der Waals surface area contributed by atoms with Crippen molar-refractivity contribution < 1.29 is 18.9 Å². The van der Waals surface area contributed by atoms with Crippen molar-refractivity contribution in [3.63, 3.8) is 0 Å². The lowest BCUT2D eigenvalue weighted by molar-refractivity contribution is 0.0746. The number of para-hydroxylation sites is 1. The number of halogens is 1. The number of benzene rings is 2. The number of aromatic nitrogens is 1. The molecule has 9 heteroatoms. The van der Waals surface area contributed by atoms with Crippen molar-refractivity contribution in [1.82, 2.24) is 10.1 Å². The Morgan fingerprint density at radius 1 is 0.969 bits per heavy atom. The summed E-state index contributed by atoms with van der Waals surface area (Å²) in [6.45, 7) is 4.03. The lowest BCUT2D eigenvalue weighted by Crippen LogP contribution is -2.48. The largest absolute Gasteiger partial charge is 0.367 e. The van der Waals surface area contributed by atoms with E-state index in [-0.39, 0.29) is 22.9 Å². The number of anilines is 2. The van der Waals surface area contributed by atoms with Gasteiger partial charge in [-0.3, -0.25) is 14.4 Å². The Labute approximate surface area is 188 Å². The molecule has 2 aromatic carbocycles. The first kappa shape index (κ1) is 20.3. The van der Waals surface area contributed by atoms with Crippen LogP contribution in [0.15, 0.2) is 53.1 Å². The number of imide groups is 1. The molecule has 2 aliphatic heterocycles. The zero-order valence-corrected chi connectivity index (χ0v) is 18.0. The van der Waals surface area contributed by atoms with Crippen LogP contribution in [0.2, 0.25) is 5.02 Å². The molecule has 2 aliphatic rings. The van der Waals surface area contributed by atoms with Gasteiger partial charge >= 0.3 is 0 Å². The maximum absolute atomic E-state index is 13.1. The van der Waals surface area contributed by atoms with Crippen LogP contribution in [-0.4, -0.2) is 54.0 Å². The van der Waals surface area contributed by atoms with Gasteiger partial charge in [0.15, 0.2) is 5.82 Å². The molecule has 0 radical (unpaired) electrons. The van der Waals surface area contributed by atoms with Gasteiger partial charge < -0.3 is 14.3 Å². The summed E-state index contributed by atoms with van der Waals surface area (Å²) in [4.78, 5) is 43.5. The van der Waals surface area contributed by atoms with Gasteiger partial charge in [0, 0.05) is 37.8 Å². The van der Waals surface area contributed by atoms with Gasteiger partial charge in [0.25, 0.3) is 17.7 Å². The van der Waals surface area contributed by atoms with Crippen molar-refractivity contribution >= 4 is 40.8 Å². The molecular weight excluding hydrogens is 432 g/mol. The number of carbonyl (C=O) groups is 3. The number of aryl methyl sites for hydroxylation is 1. The fraction of sp³-hybridized carbons (Fsp3) is 0.217. The molecule has 32 heavy (non-hydrogen) atoms. The second kappa shape index (κ2) is 7.80. The van der Waals surface area contributed by atoms with E-state index in [1.807, 2.05) is 24.3 Å². The van der Waals surface area contributed by atoms with Crippen LogP contribution in [0.1, 0.15) is 36.8 Å². The van der Waals surface area contributed by atoms with Gasteiger partial charge in [-0.05, 0) is 37.3 Å². The minimum absolute atomic E-state index is 0.136. The molecule has 0 saturated carbocycles. The molecule has 0 unspecified atom stereocenters. The molecule has 3 aromatic rings. The topological polar surface area (TPSA) is 87.0 Å². The number of piperazine rings is 1. The first-order valence-corrected chi connectivity index (χ1v) is 10.6. The highest BCUT2D eigenvalue weighted by atomic mass is 35.5. The number of hydrogen-bond acceptors (Lipinski definition) is 6. The standard InChI is InChI=1S/C23H19ClN4O4/c1-14-12-20(25-32-14)28-22(30)16-7-6-15(13-17(16)23(28)31)21(29)27-10-8-26(9-11-27)19-5-3-2-4-18(19)24/h2-7,12-13H,8-11H2,1H3. The molecule has 162 valence electrons. The molecule has 5 rings (SSSR count). The third-order valence-electron chi connectivity index (χ3n) is 5.74. The highest BCUT2D eigenvalue weighted by Gasteiger charge is 2.39. The van der Waals surface area contributed by atoms with E-state index in [0.29, 0.717) is 42.5 Å². The van der Waals surface area contributed by atoms with Crippen LogP contribution < -0.4 is 9.80 Å². The van der Waals surface area contributed by atoms with Crippen LogP contribution in [0.25, 0.3) is 0 Å². The summed E-state index contributed by atoms with van der Waals surface area (Å²) < 4.78 is 4.99. The van der Waals surface area contributed by atoms with E-state index in [4.69, 9.17) is 16.1 Å². The minimum atomic E-state index is -0.517. The molecule has 0 atom stereocenters. The Bertz CT molecular complexity index is 1250. The summed E-state index contributed by atoms with van der Waals surface area (Å²) in [5.41, 5.74) is 1.76. The molecule has 1 saturated heterocycles. The summed E-state index contributed by atoms with van der Waals surface area (Å²) >= 11 is 6.29. The molecule has 1 fully saturated rings. The van der Waals surface area contributed by atoms with E-state index in [1.165, 1.54) is 18.2 Å². The van der Waals surface area contributed by atoms with Gasteiger partial charge in [-0.2, -0.15) is 0 Å². The van der Waals surface area contributed by atoms with Crippen LogP contribution in [0.3, 0.4) is 0 Å². The third-order valence-corrected chi connectivity index (χ3v) is 6.06. The number of fused-ring (bicyclic) bond motifs is 1. The van der Waals surface area contributed by atoms with Crippen molar-refractivity contribution in [3.8, 4) is 0 Å². The molecule has 0 spiro atoms. The fourth-order valence-corrected chi connectivity index (χ4v) is 4.34. The third kappa shape index (κ3) is 3.33. The van der Waals surface area contributed by atoms with Crippen LogP contribution in [0.5, 0.6) is 0 Å². The molecule has 3 heterocycles. The SMILES string of the molecule is Cc1cc(N2C(=O)c3ccc(C(=O)N4CCN(c5ccccc5Cl)CC4)cc3C2=O)no1. The number of rotatable bonds is 3. The van der Waals surface area contributed by atoms with Gasteiger partial charge in [-0.15, -0.1) is 0 Å². The second-order valence-corrected chi connectivity index (χ2v) is 8.14.